The molecule has 0 aliphatic carbocycles. The molecule has 2 heterocycles. The average Bonchev–Trinajstić information content (AvgIpc) is 2.64. The highest BCUT2D eigenvalue weighted by molar-refractivity contribution is 7.99. The Bertz CT molecular complexity index is 1050. The van der Waals surface area contributed by atoms with Crippen LogP contribution in [0.25, 0.3) is 0 Å². The van der Waals surface area contributed by atoms with Gasteiger partial charge in [0, 0.05) is 12.1 Å². The minimum absolute atomic E-state index is 0.0806. The summed E-state index contributed by atoms with van der Waals surface area (Å²) >= 11 is 1.13. The van der Waals surface area contributed by atoms with Gasteiger partial charge in [0.2, 0.25) is 10.0 Å². The van der Waals surface area contributed by atoms with Gasteiger partial charge >= 0.3 is 0 Å². The Morgan fingerprint density at radius 3 is 2.89 bits per heavy atom. The second-order valence-corrected chi connectivity index (χ2v) is 8.91. The van der Waals surface area contributed by atoms with E-state index in [0.717, 1.165) is 23.7 Å². The molecule has 0 amide bonds. The van der Waals surface area contributed by atoms with Crippen LogP contribution < -0.4 is 10.0 Å². The van der Waals surface area contributed by atoms with Crippen molar-refractivity contribution in [2.45, 2.75) is 18.0 Å². The number of aromatic nitrogens is 2. The van der Waals surface area contributed by atoms with Crippen LogP contribution in [0.3, 0.4) is 0 Å². The number of sulfonamides is 1. The quantitative estimate of drug-likeness (QED) is 0.453. The predicted octanol–water partition coefficient (Wildman–Crippen LogP) is 1.62. The molecule has 2 aromatic rings. The molecule has 1 aliphatic rings. The van der Waals surface area contributed by atoms with Crippen molar-refractivity contribution >= 4 is 39.1 Å². The number of carbonyl (C=O) groups is 1. The summed E-state index contributed by atoms with van der Waals surface area (Å²) in [5, 5.41) is 9.15. The van der Waals surface area contributed by atoms with Crippen LogP contribution in [0.15, 0.2) is 29.6 Å². The number of hydrogen-bond donors (Lipinski definition) is 1. The molecule has 0 atom stereocenters. The van der Waals surface area contributed by atoms with E-state index in [4.69, 9.17) is 11.0 Å². The molecule has 3 rings (SSSR count). The minimum atomic E-state index is -3.34. The third-order valence-electron chi connectivity index (χ3n) is 4.13. The highest BCUT2D eigenvalue weighted by Crippen LogP contribution is 2.30. The van der Waals surface area contributed by atoms with Gasteiger partial charge in [-0.3, -0.25) is 9.10 Å². The minimum Gasteiger partial charge on any atom is -0.382 e. The highest BCUT2D eigenvalue weighted by atomic mass is 32.2. The van der Waals surface area contributed by atoms with Crippen LogP contribution in [-0.2, 0) is 16.4 Å². The van der Waals surface area contributed by atoms with Crippen molar-refractivity contribution in [1.29, 1.82) is 5.26 Å². The number of thioether (sulfide) groups is 1. The maximum atomic E-state index is 12.5. The molecule has 0 unspecified atom stereocenters. The topological polar surface area (TPSA) is 130 Å². The fraction of sp³-hybridized carbons (Fsp3) is 0.294. The van der Waals surface area contributed by atoms with E-state index in [0.29, 0.717) is 29.4 Å². The number of fused-ring (bicyclic) bond motifs is 1. The standard InChI is InChI=1S/C17H17N5O3S2/c1-27(24,25)22-6-2-3-11-7-12(4-5-14(11)22)15(23)10-26-17-20-9-13(8-18)16(19)21-17/h4-5,7,9H,2-3,6,10H2,1H3,(H2,19,20,21). The van der Waals surface area contributed by atoms with Gasteiger partial charge in [-0.15, -0.1) is 0 Å². The largest absolute Gasteiger partial charge is 0.382 e. The lowest BCUT2D eigenvalue weighted by Crippen LogP contribution is -2.34. The van der Waals surface area contributed by atoms with Gasteiger partial charge in [-0.05, 0) is 36.6 Å². The molecule has 1 aliphatic heterocycles. The second-order valence-electron chi connectivity index (χ2n) is 6.06. The van der Waals surface area contributed by atoms with Crippen LogP contribution in [0.4, 0.5) is 11.5 Å². The smallest absolute Gasteiger partial charge is 0.232 e. The van der Waals surface area contributed by atoms with Crippen molar-refractivity contribution < 1.29 is 13.2 Å². The van der Waals surface area contributed by atoms with Crippen molar-refractivity contribution in [3.63, 3.8) is 0 Å². The van der Waals surface area contributed by atoms with Gasteiger partial charge in [0.15, 0.2) is 10.9 Å². The molecule has 0 spiro atoms. The molecule has 0 fully saturated rings. The first kappa shape index (κ1) is 19.1. The van der Waals surface area contributed by atoms with Crippen LogP contribution in [0, 0.1) is 11.3 Å². The molecule has 8 nitrogen and oxygen atoms in total. The van der Waals surface area contributed by atoms with E-state index >= 15 is 0 Å². The van der Waals surface area contributed by atoms with E-state index in [1.165, 1.54) is 16.8 Å². The zero-order valence-electron chi connectivity index (χ0n) is 14.5. The Kier molecular flexibility index (Phi) is 5.34. The normalized spacial score (nSPS) is 13.7. The number of nitrogens with zero attached hydrogens (tertiary/aromatic N) is 4. The van der Waals surface area contributed by atoms with Crippen molar-refractivity contribution in [2.75, 3.05) is 28.6 Å². The van der Waals surface area contributed by atoms with Crippen LogP contribution >= 0.6 is 11.8 Å². The summed E-state index contributed by atoms with van der Waals surface area (Å²) in [6.07, 6.45) is 3.95. The zero-order chi connectivity index (χ0) is 19.6. The monoisotopic (exact) mass is 403 g/mol. The van der Waals surface area contributed by atoms with Crippen molar-refractivity contribution in [1.82, 2.24) is 9.97 Å². The van der Waals surface area contributed by atoms with Crippen LogP contribution in [-0.4, -0.2) is 42.7 Å². The van der Waals surface area contributed by atoms with Gasteiger partial charge < -0.3 is 5.73 Å². The van der Waals surface area contributed by atoms with Gasteiger partial charge in [0.25, 0.3) is 0 Å². The average molecular weight is 403 g/mol. The lowest BCUT2D eigenvalue weighted by molar-refractivity contribution is 0.102. The maximum Gasteiger partial charge on any atom is 0.232 e. The SMILES string of the molecule is CS(=O)(=O)N1CCCc2cc(C(=O)CSc3ncc(C#N)c(N)n3)ccc21. The fourth-order valence-electron chi connectivity index (χ4n) is 2.83. The molecule has 0 radical (unpaired) electrons. The Hall–Kier alpha value is -2.64. The third-order valence-corrected chi connectivity index (χ3v) is 6.17. The van der Waals surface area contributed by atoms with E-state index in [1.54, 1.807) is 18.2 Å². The van der Waals surface area contributed by atoms with Gasteiger partial charge in [-0.2, -0.15) is 5.26 Å². The summed E-state index contributed by atoms with van der Waals surface area (Å²) in [6.45, 7) is 0.451. The number of hydrogen-bond acceptors (Lipinski definition) is 8. The van der Waals surface area contributed by atoms with E-state index in [1.807, 2.05) is 6.07 Å². The number of nitriles is 1. The van der Waals surface area contributed by atoms with Crippen LogP contribution in [0.2, 0.25) is 0 Å². The second kappa shape index (κ2) is 7.54. The van der Waals surface area contributed by atoms with E-state index < -0.39 is 10.0 Å². The molecule has 1 aromatic carbocycles. The highest BCUT2D eigenvalue weighted by Gasteiger charge is 2.24. The molecule has 10 heteroatoms. The molecular weight excluding hydrogens is 386 g/mol. The number of rotatable bonds is 5. The van der Waals surface area contributed by atoms with Gasteiger partial charge in [-0.25, -0.2) is 18.4 Å². The van der Waals surface area contributed by atoms with E-state index in [9.17, 15) is 13.2 Å². The first-order chi connectivity index (χ1) is 12.8. The summed E-state index contributed by atoms with van der Waals surface area (Å²) < 4.78 is 25.2. The third kappa shape index (κ3) is 4.20. The Morgan fingerprint density at radius 2 is 2.22 bits per heavy atom. The Balaban J connectivity index is 1.75. The number of carbonyl (C=O) groups excluding carboxylic acids is 1. The Labute approximate surface area is 161 Å². The number of benzene rings is 1. The van der Waals surface area contributed by atoms with Crippen molar-refractivity contribution in [3.05, 3.63) is 41.1 Å². The number of nitrogens with two attached hydrogens (primary N) is 1. The molecule has 0 bridgehead atoms. The lowest BCUT2D eigenvalue weighted by atomic mass is 9.99. The lowest BCUT2D eigenvalue weighted by Gasteiger charge is -2.29. The van der Waals surface area contributed by atoms with E-state index in [2.05, 4.69) is 9.97 Å². The molecule has 27 heavy (non-hydrogen) atoms. The fourth-order valence-corrected chi connectivity index (χ4v) is 4.54. The number of ketones is 1. The molecule has 1 aromatic heterocycles. The van der Waals surface area contributed by atoms with Gasteiger partial charge in [-0.1, -0.05) is 11.8 Å². The summed E-state index contributed by atoms with van der Waals surface area (Å²) in [6, 6.07) is 6.96. The zero-order valence-corrected chi connectivity index (χ0v) is 16.2. The molecule has 140 valence electrons. The summed E-state index contributed by atoms with van der Waals surface area (Å²) in [5.74, 6) is 0.0721. The predicted molar refractivity (Wildman–Crippen MR) is 103 cm³/mol. The number of anilines is 2. The number of Topliss-reactive ketones (excluding diaryl/α,β-unsaturated/α-hetero) is 1. The molecule has 0 saturated heterocycles. The summed E-state index contributed by atoms with van der Waals surface area (Å²) in [5.41, 5.74) is 7.83. The van der Waals surface area contributed by atoms with Gasteiger partial charge in [0.05, 0.1) is 23.9 Å². The van der Waals surface area contributed by atoms with E-state index in [-0.39, 0.29) is 22.9 Å². The van der Waals surface area contributed by atoms with Crippen LogP contribution in [0.5, 0.6) is 0 Å². The number of nitrogen functional groups attached to an aromatic ring is 1. The van der Waals surface area contributed by atoms with Crippen LogP contribution in [0.1, 0.15) is 27.9 Å². The Morgan fingerprint density at radius 1 is 1.44 bits per heavy atom. The maximum absolute atomic E-state index is 12.5. The first-order valence-electron chi connectivity index (χ1n) is 8.09. The van der Waals surface area contributed by atoms with Gasteiger partial charge in [0.1, 0.15) is 17.5 Å². The summed E-state index contributed by atoms with van der Waals surface area (Å²) in [7, 11) is -3.34. The summed E-state index contributed by atoms with van der Waals surface area (Å²) in [4.78, 5) is 20.5. The molecule has 2 N–H and O–H groups in total. The van der Waals surface area contributed by atoms with Crippen molar-refractivity contribution in [2.24, 2.45) is 0 Å². The number of aryl methyl sites for hydroxylation is 1. The molecular formula is C17H17N5O3S2. The van der Waals surface area contributed by atoms with Crippen molar-refractivity contribution in [3.8, 4) is 6.07 Å². The first-order valence-corrected chi connectivity index (χ1v) is 10.9. The molecule has 0 saturated carbocycles.